The number of aromatic nitrogens is 3. The van der Waals surface area contributed by atoms with Crippen molar-refractivity contribution in [2.75, 3.05) is 48.5 Å². The van der Waals surface area contributed by atoms with Crippen molar-refractivity contribution < 1.29 is 13.2 Å². The van der Waals surface area contributed by atoms with Crippen LogP contribution < -0.4 is 15.0 Å². The average Bonchev–Trinajstić information content (AvgIpc) is 2.65. The van der Waals surface area contributed by atoms with Crippen molar-refractivity contribution in [1.82, 2.24) is 15.0 Å². The standard InChI is InChI=1S/C12H21N5O3S/c1-3-5-13-10-14-11(16-12(15-10)20-2)17-6-4-8-21(18,19)9-7-17/h3-9H2,1-2H3,(H,13,14,15,16). The molecule has 0 unspecified atom stereocenters. The van der Waals surface area contributed by atoms with Crippen LogP contribution in [0, 0.1) is 0 Å². The molecule has 0 atom stereocenters. The Morgan fingerprint density at radius 3 is 2.76 bits per heavy atom. The molecule has 1 fully saturated rings. The maximum atomic E-state index is 11.7. The molecule has 118 valence electrons. The molecule has 0 radical (unpaired) electrons. The molecule has 1 aromatic heterocycles. The van der Waals surface area contributed by atoms with Crippen molar-refractivity contribution in [3.8, 4) is 6.01 Å². The van der Waals surface area contributed by atoms with Crippen LogP contribution in [0.15, 0.2) is 0 Å². The van der Waals surface area contributed by atoms with Crippen LogP contribution in [0.5, 0.6) is 6.01 Å². The molecule has 1 N–H and O–H groups in total. The lowest BCUT2D eigenvalue weighted by molar-refractivity contribution is 0.378. The summed E-state index contributed by atoms with van der Waals surface area (Å²) in [5.41, 5.74) is 0. The van der Waals surface area contributed by atoms with Gasteiger partial charge in [0.25, 0.3) is 0 Å². The normalized spacial score (nSPS) is 18.1. The third-order valence-electron chi connectivity index (χ3n) is 3.16. The Hall–Kier alpha value is -1.64. The van der Waals surface area contributed by atoms with Gasteiger partial charge in [0.1, 0.15) is 0 Å². The second-order valence-corrected chi connectivity index (χ2v) is 7.17. The monoisotopic (exact) mass is 315 g/mol. The molecule has 0 aliphatic carbocycles. The summed E-state index contributed by atoms with van der Waals surface area (Å²) in [4.78, 5) is 14.6. The topological polar surface area (TPSA) is 97.3 Å². The van der Waals surface area contributed by atoms with Crippen molar-refractivity contribution >= 4 is 21.7 Å². The Labute approximate surface area is 124 Å². The Morgan fingerprint density at radius 1 is 1.24 bits per heavy atom. The minimum Gasteiger partial charge on any atom is -0.467 e. The van der Waals surface area contributed by atoms with Crippen LogP contribution in [0.4, 0.5) is 11.9 Å². The second kappa shape index (κ2) is 6.88. The van der Waals surface area contributed by atoms with E-state index in [2.05, 4.69) is 20.3 Å². The minimum atomic E-state index is -2.96. The molecule has 0 amide bonds. The Kier molecular flexibility index (Phi) is 5.16. The van der Waals surface area contributed by atoms with Gasteiger partial charge in [-0.3, -0.25) is 0 Å². The van der Waals surface area contributed by atoms with E-state index in [1.54, 1.807) is 0 Å². The van der Waals surface area contributed by atoms with E-state index in [9.17, 15) is 8.42 Å². The van der Waals surface area contributed by atoms with E-state index in [0.717, 1.165) is 13.0 Å². The molecule has 0 spiro atoms. The van der Waals surface area contributed by atoms with Gasteiger partial charge in [-0.05, 0) is 12.8 Å². The van der Waals surface area contributed by atoms with E-state index >= 15 is 0 Å². The van der Waals surface area contributed by atoms with Gasteiger partial charge in [-0.1, -0.05) is 6.92 Å². The van der Waals surface area contributed by atoms with Gasteiger partial charge in [-0.2, -0.15) is 15.0 Å². The predicted molar refractivity (Wildman–Crippen MR) is 80.6 cm³/mol. The second-order valence-electron chi connectivity index (χ2n) is 4.86. The van der Waals surface area contributed by atoms with E-state index in [0.29, 0.717) is 31.4 Å². The molecule has 1 aliphatic rings. The third kappa shape index (κ3) is 4.42. The highest BCUT2D eigenvalue weighted by atomic mass is 32.2. The summed E-state index contributed by atoms with van der Waals surface area (Å²) in [5, 5.41) is 3.09. The summed E-state index contributed by atoms with van der Waals surface area (Å²) in [6.45, 7) is 3.80. The first-order valence-corrected chi connectivity index (χ1v) is 8.85. The SMILES string of the molecule is CCCNc1nc(OC)nc(N2CCCS(=O)(=O)CC2)n1. The lowest BCUT2D eigenvalue weighted by atomic mass is 10.4. The van der Waals surface area contributed by atoms with Gasteiger partial charge in [0.15, 0.2) is 9.84 Å². The number of hydrogen-bond donors (Lipinski definition) is 1. The summed E-state index contributed by atoms with van der Waals surface area (Å²) in [6, 6.07) is 0.228. The van der Waals surface area contributed by atoms with Gasteiger partial charge >= 0.3 is 6.01 Å². The molecular formula is C12H21N5O3S. The van der Waals surface area contributed by atoms with Crippen molar-refractivity contribution in [3.05, 3.63) is 0 Å². The van der Waals surface area contributed by atoms with Crippen LogP contribution in [0.3, 0.4) is 0 Å². The summed E-state index contributed by atoms with van der Waals surface area (Å²) in [6.07, 6.45) is 1.53. The van der Waals surface area contributed by atoms with E-state index in [1.807, 2.05) is 11.8 Å². The molecule has 2 heterocycles. The van der Waals surface area contributed by atoms with Crippen molar-refractivity contribution in [1.29, 1.82) is 0 Å². The summed E-state index contributed by atoms with van der Waals surface area (Å²) >= 11 is 0. The number of sulfone groups is 1. The molecule has 8 nitrogen and oxygen atoms in total. The maximum absolute atomic E-state index is 11.7. The summed E-state index contributed by atoms with van der Waals surface area (Å²) in [7, 11) is -1.46. The van der Waals surface area contributed by atoms with Gasteiger partial charge in [-0.25, -0.2) is 8.42 Å². The largest absolute Gasteiger partial charge is 0.467 e. The first kappa shape index (κ1) is 15.7. The quantitative estimate of drug-likeness (QED) is 0.830. The number of rotatable bonds is 5. The van der Waals surface area contributed by atoms with Crippen LogP contribution in [0.25, 0.3) is 0 Å². The van der Waals surface area contributed by atoms with Crippen molar-refractivity contribution in [2.45, 2.75) is 19.8 Å². The molecule has 0 aromatic carbocycles. The van der Waals surface area contributed by atoms with Gasteiger partial charge in [0.05, 0.1) is 18.6 Å². The lowest BCUT2D eigenvalue weighted by Gasteiger charge is -2.20. The van der Waals surface area contributed by atoms with Crippen LogP contribution in [0.1, 0.15) is 19.8 Å². The number of nitrogens with zero attached hydrogens (tertiary/aromatic N) is 4. The van der Waals surface area contributed by atoms with Crippen molar-refractivity contribution in [3.63, 3.8) is 0 Å². The lowest BCUT2D eigenvalue weighted by Crippen LogP contribution is -2.29. The molecule has 21 heavy (non-hydrogen) atoms. The molecule has 1 aliphatic heterocycles. The van der Waals surface area contributed by atoms with Gasteiger partial charge in [0.2, 0.25) is 11.9 Å². The third-order valence-corrected chi connectivity index (χ3v) is 4.87. The maximum Gasteiger partial charge on any atom is 0.322 e. The fourth-order valence-corrected chi connectivity index (χ4v) is 3.30. The number of nitrogens with one attached hydrogen (secondary N) is 1. The molecule has 0 saturated carbocycles. The highest BCUT2D eigenvalue weighted by Gasteiger charge is 2.22. The molecular weight excluding hydrogens is 294 g/mol. The van der Waals surface area contributed by atoms with Gasteiger partial charge in [0, 0.05) is 19.6 Å². The summed E-state index contributed by atoms with van der Waals surface area (Å²) in [5.74, 6) is 1.24. The molecule has 0 bridgehead atoms. The van der Waals surface area contributed by atoms with E-state index < -0.39 is 9.84 Å². The van der Waals surface area contributed by atoms with Gasteiger partial charge in [-0.15, -0.1) is 0 Å². The summed E-state index contributed by atoms with van der Waals surface area (Å²) < 4.78 is 28.4. The Bertz CT molecular complexity index is 578. The van der Waals surface area contributed by atoms with Crippen LogP contribution in [-0.4, -0.2) is 61.6 Å². The number of hydrogen-bond acceptors (Lipinski definition) is 8. The predicted octanol–water partition coefficient (Wildman–Crippen LogP) is 0.327. The molecule has 2 rings (SSSR count). The fourth-order valence-electron chi connectivity index (χ4n) is 2.03. The smallest absolute Gasteiger partial charge is 0.322 e. The fraction of sp³-hybridized carbons (Fsp3) is 0.750. The van der Waals surface area contributed by atoms with E-state index in [1.165, 1.54) is 7.11 Å². The van der Waals surface area contributed by atoms with E-state index in [4.69, 9.17) is 4.74 Å². The Balaban J connectivity index is 2.21. The molecule has 1 saturated heterocycles. The molecule has 9 heteroatoms. The zero-order chi connectivity index (χ0) is 15.3. The number of ether oxygens (including phenoxy) is 1. The van der Waals surface area contributed by atoms with Crippen LogP contribution in [0.2, 0.25) is 0 Å². The zero-order valence-electron chi connectivity index (χ0n) is 12.4. The van der Waals surface area contributed by atoms with Gasteiger partial charge < -0.3 is 15.0 Å². The van der Waals surface area contributed by atoms with Crippen molar-refractivity contribution in [2.24, 2.45) is 0 Å². The first-order chi connectivity index (χ1) is 10.0. The average molecular weight is 315 g/mol. The van der Waals surface area contributed by atoms with Crippen LogP contribution in [-0.2, 0) is 9.84 Å². The first-order valence-electron chi connectivity index (χ1n) is 7.03. The zero-order valence-corrected chi connectivity index (χ0v) is 13.2. The number of methoxy groups -OCH3 is 1. The minimum absolute atomic E-state index is 0.124. The highest BCUT2D eigenvalue weighted by Crippen LogP contribution is 2.17. The number of anilines is 2. The molecule has 1 aromatic rings. The van der Waals surface area contributed by atoms with E-state index in [-0.39, 0.29) is 17.5 Å². The Morgan fingerprint density at radius 2 is 2.05 bits per heavy atom. The van der Waals surface area contributed by atoms with Crippen LogP contribution >= 0.6 is 0 Å². The highest BCUT2D eigenvalue weighted by molar-refractivity contribution is 7.91.